The maximum atomic E-state index is 12.7. The molecule has 3 heterocycles. The van der Waals surface area contributed by atoms with E-state index < -0.39 is 0 Å². The van der Waals surface area contributed by atoms with Crippen LogP contribution in [0.1, 0.15) is 23.5 Å². The molecule has 6 nitrogen and oxygen atoms in total. The molecule has 0 spiro atoms. The SMILES string of the molecule is Cc1ccc(N2CCCC(C(=O)Nc3ccc4sc(C)nc4c3)C2)nn1. The van der Waals surface area contributed by atoms with E-state index in [1.165, 1.54) is 0 Å². The van der Waals surface area contributed by atoms with Crippen molar-refractivity contribution < 1.29 is 4.79 Å². The molecule has 1 aliphatic heterocycles. The maximum Gasteiger partial charge on any atom is 0.229 e. The van der Waals surface area contributed by atoms with Crippen molar-refractivity contribution in [3.8, 4) is 0 Å². The lowest BCUT2D eigenvalue weighted by Crippen LogP contribution is -2.41. The number of thiazole rings is 1. The first-order valence-electron chi connectivity index (χ1n) is 8.82. The molecule has 0 bridgehead atoms. The Kier molecular flexibility index (Phi) is 4.55. The Morgan fingerprint density at radius 2 is 2.12 bits per heavy atom. The van der Waals surface area contributed by atoms with Crippen molar-refractivity contribution in [2.45, 2.75) is 26.7 Å². The van der Waals surface area contributed by atoms with Crippen LogP contribution in [-0.4, -0.2) is 34.2 Å². The molecule has 3 aromatic rings. The molecule has 1 unspecified atom stereocenters. The summed E-state index contributed by atoms with van der Waals surface area (Å²) in [7, 11) is 0. The number of nitrogens with one attached hydrogen (secondary N) is 1. The van der Waals surface area contributed by atoms with Gasteiger partial charge in [-0.05, 0) is 57.0 Å². The van der Waals surface area contributed by atoms with Gasteiger partial charge >= 0.3 is 0 Å². The molecule has 0 saturated carbocycles. The number of anilines is 2. The van der Waals surface area contributed by atoms with Crippen LogP contribution in [0.5, 0.6) is 0 Å². The van der Waals surface area contributed by atoms with Crippen molar-refractivity contribution in [1.29, 1.82) is 0 Å². The van der Waals surface area contributed by atoms with Gasteiger partial charge in [0.2, 0.25) is 5.91 Å². The number of carbonyl (C=O) groups is 1. The first-order valence-corrected chi connectivity index (χ1v) is 9.63. The van der Waals surface area contributed by atoms with E-state index in [2.05, 4.69) is 25.4 Å². The summed E-state index contributed by atoms with van der Waals surface area (Å²) < 4.78 is 1.14. The van der Waals surface area contributed by atoms with Crippen LogP contribution in [0.3, 0.4) is 0 Å². The Hall–Kier alpha value is -2.54. The molecule has 4 rings (SSSR count). The number of aromatic nitrogens is 3. The first-order chi connectivity index (χ1) is 12.6. The van der Waals surface area contributed by atoms with Gasteiger partial charge in [-0.3, -0.25) is 4.79 Å². The number of hydrogen-bond donors (Lipinski definition) is 1. The van der Waals surface area contributed by atoms with Crippen molar-refractivity contribution >= 4 is 39.0 Å². The van der Waals surface area contributed by atoms with Gasteiger partial charge in [-0.25, -0.2) is 4.98 Å². The van der Waals surface area contributed by atoms with Gasteiger partial charge in [-0.1, -0.05) is 0 Å². The van der Waals surface area contributed by atoms with Gasteiger partial charge in [0.05, 0.1) is 26.8 Å². The van der Waals surface area contributed by atoms with Crippen molar-refractivity contribution in [3.63, 3.8) is 0 Å². The van der Waals surface area contributed by atoms with E-state index in [9.17, 15) is 4.79 Å². The minimum absolute atomic E-state index is 0.0558. The predicted molar refractivity (Wildman–Crippen MR) is 105 cm³/mol. The van der Waals surface area contributed by atoms with Crippen LogP contribution in [0.2, 0.25) is 0 Å². The van der Waals surface area contributed by atoms with Crippen molar-refractivity contribution in [3.05, 3.63) is 41.0 Å². The molecule has 7 heteroatoms. The second-order valence-corrected chi connectivity index (χ2v) is 7.96. The minimum atomic E-state index is -0.0558. The lowest BCUT2D eigenvalue weighted by Gasteiger charge is -2.32. The summed E-state index contributed by atoms with van der Waals surface area (Å²) in [4.78, 5) is 19.4. The molecule has 1 fully saturated rings. The van der Waals surface area contributed by atoms with Gasteiger partial charge in [-0.2, -0.15) is 5.10 Å². The molecule has 1 amide bonds. The number of amides is 1. The topological polar surface area (TPSA) is 71.0 Å². The van der Waals surface area contributed by atoms with Crippen LogP contribution < -0.4 is 10.2 Å². The summed E-state index contributed by atoms with van der Waals surface area (Å²) in [6, 6.07) is 9.84. The third-order valence-electron chi connectivity index (χ3n) is 4.66. The molecule has 0 aliphatic carbocycles. The van der Waals surface area contributed by atoms with E-state index in [-0.39, 0.29) is 11.8 Å². The average molecular weight is 367 g/mol. The van der Waals surface area contributed by atoms with Gasteiger partial charge in [0.25, 0.3) is 0 Å². The number of rotatable bonds is 3. The fourth-order valence-electron chi connectivity index (χ4n) is 3.32. The second-order valence-electron chi connectivity index (χ2n) is 6.72. The Morgan fingerprint density at radius 3 is 2.92 bits per heavy atom. The van der Waals surface area contributed by atoms with Gasteiger partial charge in [-0.15, -0.1) is 16.4 Å². The van der Waals surface area contributed by atoms with Crippen molar-refractivity contribution in [1.82, 2.24) is 15.2 Å². The number of benzene rings is 1. The smallest absolute Gasteiger partial charge is 0.229 e. The number of piperidine rings is 1. The Labute approximate surface area is 156 Å². The molecule has 0 radical (unpaired) electrons. The van der Waals surface area contributed by atoms with E-state index in [1.807, 2.05) is 44.2 Å². The van der Waals surface area contributed by atoms with Crippen LogP contribution in [-0.2, 0) is 4.79 Å². The van der Waals surface area contributed by atoms with Crippen LogP contribution in [0.15, 0.2) is 30.3 Å². The standard InChI is InChI=1S/C19H21N5OS/c1-12-5-8-18(23-22-12)24-9-3-4-14(11-24)19(25)21-15-6-7-17-16(10-15)20-13(2)26-17/h5-8,10,14H,3-4,9,11H2,1-2H3,(H,21,25). The molecule has 1 atom stereocenters. The molecule has 2 aromatic heterocycles. The van der Waals surface area contributed by atoms with Gasteiger partial charge in [0, 0.05) is 18.8 Å². The van der Waals surface area contributed by atoms with E-state index in [4.69, 9.17) is 0 Å². The lowest BCUT2D eigenvalue weighted by atomic mass is 9.97. The fraction of sp³-hybridized carbons (Fsp3) is 0.368. The zero-order chi connectivity index (χ0) is 18.1. The average Bonchev–Trinajstić information content (AvgIpc) is 3.02. The maximum absolute atomic E-state index is 12.7. The Bertz CT molecular complexity index is 937. The largest absolute Gasteiger partial charge is 0.354 e. The molecule has 134 valence electrons. The summed E-state index contributed by atoms with van der Waals surface area (Å²) in [6.07, 6.45) is 1.86. The van der Waals surface area contributed by atoms with Gasteiger partial charge < -0.3 is 10.2 Å². The molecule has 1 aliphatic rings. The van der Waals surface area contributed by atoms with Crippen LogP contribution in [0, 0.1) is 19.8 Å². The highest BCUT2D eigenvalue weighted by Crippen LogP contribution is 2.26. The normalized spacial score (nSPS) is 17.5. The first kappa shape index (κ1) is 16.9. The Balaban J connectivity index is 1.45. The van der Waals surface area contributed by atoms with E-state index in [0.29, 0.717) is 6.54 Å². The van der Waals surface area contributed by atoms with E-state index in [0.717, 1.165) is 51.8 Å². The Morgan fingerprint density at radius 1 is 1.23 bits per heavy atom. The van der Waals surface area contributed by atoms with Gasteiger partial charge in [0.1, 0.15) is 0 Å². The molecule has 1 N–H and O–H groups in total. The minimum Gasteiger partial charge on any atom is -0.354 e. The number of hydrogen-bond acceptors (Lipinski definition) is 6. The summed E-state index contributed by atoms with van der Waals surface area (Å²) in [5.74, 6) is 0.841. The van der Waals surface area contributed by atoms with E-state index >= 15 is 0 Å². The van der Waals surface area contributed by atoms with Crippen molar-refractivity contribution in [2.24, 2.45) is 5.92 Å². The number of carbonyl (C=O) groups excluding carboxylic acids is 1. The summed E-state index contributed by atoms with van der Waals surface area (Å²) in [5, 5.41) is 12.5. The zero-order valence-electron chi connectivity index (χ0n) is 14.9. The molecular formula is C19H21N5OS. The second kappa shape index (κ2) is 6.99. The highest BCUT2D eigenvalue weighted by atomic mass is 32.1. The number of aryl methyl sites for hydroxylation is 2. The number of nitrogens with zero attached hydrogens (tertiary/aromatic N) is 4. The molecule has 1 saturated heterocycles. The monoisotopic (exact) mass is 367 g/mol. The third-order valence-corrected chi connectivity index (χ3v) is 5.61. The molecule has 26 heavy (non-hydrogen) atoms. The van der Waals surface area contributed by atoms with Crippen LogP contribution in [0.25, 0.3) is 10.2 Å². The van der Waals surface area contributed by atoms with E-state index in [1.54, 1.807) is 11.3 Å². The van der Waals surface area contributed by atoms with Crippen LogP contribution >= 0.6 is 11.3 Å². The lowest BCUT2D eigenvalue weighted by molar-refractivity contribution is -0.120. The fourth-order valence-corrected chi connectivity index (χ4v) is 4.13. The highest BCUT2D eigenvalue weighted by Gasteiger charge is 2.26. The van der Waals surface area contributed by atoms with Crippen molar-refractivity contribution in [2.75, 3.05) is 23.3 Å². The zero-order valence-corrected chi connectivity index (χ0v) is 15.7. The summed E-state index contributed by atoms with van der Waals surface area (Å²) in [6.45, 7) is 5.49. The number of fused-ring (bicyclic) bond motifs is 1. The molecular weight excluding hydrogens is 346 g/mol. The quantitative estimate of drug-likeness (QED) is 0.766. The predicted octanol–water partition coefficient (Wildman–Crippen LogP) is 3.56. The third kappa shape index (κ3) is 3.53. The molecule has 1 aromatic carbocycles. The summed E-state index contributed by atoms with van der Waals surface area (Å²) in [5.41, 5.74) is 2.64. The van der Waals surface area contributed by atoms with Crippen LogP contribution in [0.4, 0.5) is 11.5 Å². The highest BCUT2D eigenvalue weighted by molar-refractivity contribution is 7.18. The summed E-state index contributed by atoms with van der Waals surface area (Å²) >= 11 is 1.66. The van der Waals surface area contributed by atoms with Gasteiger partial charge in [0.15, 0.2) is 5.82 Å².